The maximum absolute atomic E-state index is 12.9. The molecule has 2 aliphatic heterocycles. The van der Waals surface area contributed by atoms with Crippen molar-refractivity contribution in [2.45, 2.75) is 12.8 Å². The fourth-order valence-corrected chi connectivity index (χ4v) is 5.54. The summed E-state index contributed by atoms with van der Waals surface area (Å²) in [4.78, 5) is 40.0. The van der Waals surface area contributed by atoms with Crippen LogP contribution >= 0.6 is 0 Å². The van der Waals surface area contributed by atoms with Crippen LogP contribution in [0.3, 0.4) is 0 Å². The van der Waals surface area contributed by atoms with Crippen molar-refractivity contribution in [1.29, 1.82) is 0 Å². The minimum absolute atomic E-state index is 0.120. The van der Waals surface area contributed by atoms with Crippen LogP contribution in [0.25, 0.3) is 0 Å². The second-order valence-electron chi connectivity index (χ2n) is 9.22. The number of allylic oxidation sites excluding steroid dienone is 3. The number of hydrogen-bond donors (Lipinski definition) is 0. The molecule has 0 unspecified atom stereocenters. The molecule has 1 aromatic rings. The van der Waals surface area contributed by atoms with Gasteiger partial charge in [-0.25, -0.2) is 0 Å². The Balaban J connectivity index is 1.33. The molecule has 184 valence electrons. The fraction of sp³-hybridized carbons (Fsp3) is 0.462. The lowest BCUT2D eigenvalue weighted by atomic mass is 9.85. The lowest BCUT2D eigenvalue weighted by molar-refractivity contribution is -0.140. The molecule has 1 saturated carbocycles. The molecule has 3 amide bonds. The maximum Gasteiger partial charge on any atom is 0.260 e. The van der Waals surface area contributed by atoms with Crippen LogP contribution in [0.2, 0.25) is 0 Å². The number of morpholine rings is 1. The van der Waals surface area contributed by atoms with Crippen molar-refractivity contribution in [3.8, 4) is 11.5 Å². The summed E-state index contributed by atoms with van der Waals surface area (Å²) in [6.45, 7) is 5.81. The van der Waals surface area contributed by atoms with E-state index in [1.165, 1.54) is 13.3 Å². The van der Waals surface area contributed by atoms with Crippen LogP contribution in [-0.4, -0.2) is 73.9 Å². The first-order valence-electron chi connectivity index (χ1n) is 11.9. The van der Waals surface area contributed by atoms with Gasteiger partial charge in [-0.15, -0.1) is 6.58 Å². The van der Waals surface area contributed by atoms with E-state index in [0.717, 1.165) is 17.0 Å². The van der Waals surface area contributed by atoms with E-state index in [9.17, 15) is 14.4 Å². The second-order valence-corrected chi connectivity index (χ2v) is 9.22. The number of fused-ring (bicyclic) bond motifs is 5. The summed E-state index contributed by atoms with van der Waals surface area (Å²) in [6, 6.07) is 3.54. The standard InChI is InChI=1S/C26H29N3O6/c1-3-4-19-11-16(12-20(33-2)24(19)35-15-21(30)28-7-9-34-10-8-28)14-27-29-25(31)22-17-5-6-18(13-17)23(22)26(29)32/h3,5-6,11-12,14,17-18,22-23H,1,4,7-10,13,15H2,2H3/t17-,18-,22-,23+/m0/s1. The minimum atomic E-state index is -0.291. The minimum Gasteiger partial charge on any atom is -0.493 e. The molecule has 1 aromatic carbocycles. The lowest BCUT2D eigenvalue weighted by Gasteiger charge is -2.27. The maximum atomic E-state index is 12.9. The average Bonchev–Trinajstić information content (AvgIpc) is 3.56. The molecule has 5 rings (SSSR count). The zero-order valence-corrected chi connectivity index (χ0v) is 19.7. The summed E-state index contributed by atoms with van der Waals surface area (Å²) in [5.41, 5.74) is 1.40. The Morgan fingerprint density at radius 2 is 1.86 bits per heavy atom. The van der Waals surface area contributed by atoms with Crippen molar-refractivity contribution in [2.24, 2.45) is 28.8 Å². The molecule has 2 saturated heterocycles. The summed E-state index contributed by atoms with van der Waals surface area (Å²) >= 11 is 0. The Labute approximate surface area is 204 Å². The third-order valence-corrected chi connectivity index (χ3v) is 7.21. The largest absolute Gasteiger partial charge is 0.493 e. The van der Waals surface area contributed by atoms with Gasteiger partial charge in [-0.1, -0.05) is 18.2 Å². The quantitative estimate of drug-likeness (QED) is 0.320. The van der Waals surface area contributed by atoms with Gasteiger partial charge in [0.2, 0.25) is 0 Å². The zero-order valence-electron chi connectivity index (χ0n) is 19.7. The van der Waals surface area contributed by atoms with Crippen LogP contribution in [-0.2, 0) is 25.5 Å². The molecular formula is C26H29N3O6. The Kier molecular flexibility index (Phi) is 6.42. The van der Waals surface area contributed by atoms with Crippen LogP contribution in [0.4, 0.5) is 0 Å². The number of hydrogen-bond acceptors (Lipinski definition) is 7. The van der Waals surface area contributed by atoms with Crippen molar-refractivity contribution in [3.05, 3.63) is 48.1 Å². The number of ether oxygens (including phenoxy) is 3. The molecule has 2 heterocycles. The number of carbonyl (C=O) groups is 3. The van der Waals surface area contributed by atoms with Gasteiger partial charge in [-0.05, 0) is 42.4 Å². The van der Waals surface area contributed by atoms with Crippen LogP contribution in [0.5, 0.6) is 11.5 Å². The summed E-state index contributed by atoms with van der Waals surface area (Å²) < 4.78 is 16.7. The molecule has 35 heavy (non-hydrogen) atoms. The highest BCUT2D eigenvalue weighted by molar-refractivity contribution is 6.06. The highest BCUT2D eigenvalue weighted by Crippen LogP contribution is 2.52. The van der Waals surface area contributed by atoms with Gasteiger partial charge in [0.1, 0.15) is 0 Å². The molecule has 4 aliphatic rings. The van der Waals surface area contributed by atoms with Crippen molar-refractivity contribution < 1.29 is 28.6 Å². The van der Waals surface area contributed by atoms with Gasteiger partial charge < -0.3 is 19.1 Å². The zero-order chi connectivity index (χ0) is 24.5. The van der Waals surface area contributed by atoms with Crippen molar-refractivity contribution in [2.75, 3.05) is 40.0 Å². The Morgan fingerprint density at radius 3 is 2.49 bits per heavy atom. The molecule has 4 atom stereocenters. The third-order valence-electron chi connectivity index (χ3n) is 7.21. The lowest BCUT2D eigenvalue weighted by Crippen LogP contribution is -2.43. The van der Waals surface area contributed by atoms with E-state index in [-0.39, 0.29) is 48.0 Å². The number of rotatable bonds is 8. The van der Waals surface area contributed by atoms with E-state index in [1.54, 1.807) is 17.0 Å². The normalized spacial score (nSPS) is 27.1. The number of methoxy groups -OCH3 is 1. The number of benzene rings is 1. The van der Waals surface area contributed by atoms with Crippen molar-refractivity contribution in [3.63, 3.8) is 0 Å². The summed E-state index contributed by atoms with van der Waals surface area (Å²) in [5.74, 6) is -0.00219. The number of carbonyl (C=O) groups excluding carboxylic acids is 3. The Morgan fingerprint density at radius 1 is 1.17 bits per heavy atom. The van der Waals surface area contributed by atoms with Crippen LogP contribution in [0.1, 0.15) is 17.5 Å². The van der Waals surface area contributed by atoms with Crippen molar-refractivity contribution >= 4 is 23.9 Å². The monoisotopic (exact) mass is 479 g/mol. The number of nitrogens with zero attached hydrogens (tertiary/aromatic N) is 3. The SMILES string of the molecule is C=CCc1cc(C=NN2C(=O)[C@@H]3[C@H](C2=O)[C@H]2C=C[C@H]3C2)cc(OC)c1OCC(=O)N1CCOCC1. The van der Waals surface area contributed by atoms with Gasteiger partial charge in [0, 0.05) is 18.7 Å². The highest BCUT2D eigenvalue weighted by atomic mass is 16.5. The highest BCUT2D eigenvalue weighted by Gasteiger charge is 2.59. The molecule has 3 fully saturated rings. The van der Waals surface area contributed by atoms with Gasteiger partial charge >= 0.3 is 0 Å². The molecule has 0 N–H and O–H groups in total. The van der Waals surface area contributed by atoms with Gasteiger partial charge in [0.05, 0.1) is 38.4 Å². The van der Waals surface area contributed by atoms with E-state index >= 15 is 0 Å². The van der Waals surface area contributed by atoms with Crippen LogP contribution < -0.4 is 9.47 Å². The number of imide groups is 1. The van der Waals surface area contributed by atoms with Gasteiger partial charge in [-0.3, -0.25) is 14.4 Å². The van der Waals surface area contributed by atoms with E-state index in [2.05, 4.69) is 23.8 Å². The molecule has 0 radical (unpaired) electrons. The molecule has 0 spiro atoms. The van der Waals surface area contributed by atoms with E-state index in [0.29, 0.717) is 49.8 Å². The van der Waals surface area contributed by atoms with Gasteiger partial charge in [0.25, 0.3) is 17.7 Å². The first-order valence-corrected chi connectivity index (χ1v) is 11.9. The average molecular weight is 480 g/mol. The summed E-state index contributed by atoms with van der Waals surface area (Å²) in [6.07, 6.45) is 8.67. The first kappa shape index (κ1) is 23.3. The third kappa shape index (κ3) is 4.25. The second kappa shape index (κ2) is 9.65. The molecular weight excluding hydrogens is 450 g/mol. The van der Waals surface area contributed by atoms with E-state index < -0.39 is 0 Å². The van der Waals surface area contributed by atoms with Crippen LogP contribution in [0, 0.1) is 23.7 Å². The number of amides is 3. The molecule has 9 nitrogen and oxygen atoms in total. The number of hydrazone groups is 1. The van der Waals surface area contributed by atoms with E-state index in [4.69, 9.17) is 14.2 Å². The van der Waals surface area contributed by atoms with Crippen molar-refractivity contribution in [1.82, 2.24) is 9.91 Å². The summed E-state index contributed by atoms with van der Waals surface area (Å²) in [7, 11) is 1.52. The molecule has 9 heteroatoms. The predicted molar refractivity (Wildman–Crippen MR) is 127 cm³/mol. The molecule has 0 aromatic heterocycles. The fourth-order valence-electron chi connectivity index (χ4n) is 5.54. The first-order chi connectivity index (χ1) is 17.0. The smallest absolute Gasteiger partial charge is 0.260 e. The van der Waals surface area contributed by atoms with Gasteiger partial charge in [0.15, 0.2) is 18.1 Å². The Hall–Kier alpha value is -3.46. The Bertz CT molecular complexity index is 1080. The van der Waals surface area contributed by atoms with Crippen LogP contribution in [0.15, 0.2) is 42.0 Å². The van der Waals surface area contributed by atoms with Gasteiger partial charge in [-0.2, -0.15) is 10.1 Å². The molecule has 2 aliphatic carbocycles. The van der Waals surface area contributed by atoms with E-state index in [1.807, 2.05) is 6.07 Å². The molecule has 2 bridgehead atoms. The summed E-state index contributed by atoms with van der Waals surface area (Å²) in [5, 5.41) is 5.28. The predicted octanol–water partition coefficient (Wildman–Crippen LogP) is 1.80. The topological polar surface area (TPSA) is 97.7 Å².